The number of unbranched alkanes of at least 4 members (excludes halogenated alkanes) is 2. The summed E-state index contributed by atoms with van der Waals surface area (Å²) in [5.41, 5.74) is 1.19. The zero-order chi connectivity index (χ0) is 11.8. The summed E-state index contributed by atoms with van der Waals surface area (Å²) in [6.45, 7) is 2.15. The molecule has 16 heavy (non-hydrogen) atoms. The van der Waals surface area contributed by atoms with E-state index in [-0.39, 0.29) is 11.0 Å². The van der Waals surface area contributed by atoms with Crippen LogP contribution in [0, 0.1) is 0 Å². The van der Waals surface area contributed by atoms with E-state index < -0.39 is 0 Å². The van der Waals surface area contributed by atoms with Gasteiger partial charge in [-0.2, -0.15) is 12.6 Å². The maximum absolute atomic E-state index is 11.7. The lowest BCUT2D eigenvalue weighted by Gasteiger charge is -2.09. The van der Waals surface area contributed by atoms with Crippen molar-refractivity contribution in [3.05, 3.63) is 35.9 Å². The van der Waals surface area contributed by atoms with E-state index in [1.807, 2.05) is 30.3 Å². The Morgan fingerprint density at radius 1 is 1.25 bits per heavy atom. The first-order valence-electron chi connectivity index (χ1n) is 5.98. The molecule has 88 valence electrons. The lowest BCUT2D eigenvalue weighted by molar-refractivity contribution is -0.118. The molecule has 0 N–H and O–H groups in total. The van der Waals surface area contributed by atoms with Crippen molar-refractivity contribution in [2.45, 2.75) is 44.3 Å². The lowest BCUT2D eigenvalue weighted by Crippen LogP contribution is -2.17. The first kappa shape index (κ1) is 13.3. The Hall–Kier alpha value is -0.760. The number of carbonyl (C=O) groups is 1. The molecule has 1 atom stereocenters. The molecule has 2 heteroatoms. The number of thiol groups is 1. The van der Waals surface area contributed by atoms with Crippen molar-refractivity contribution in [3.63, 3.8) is 0 Å². The first-order valence-corrected chi connectivity index (χ1v) is 6.50. The zero-order valence-corrected chi connectivity index (χ0v) is 10.7. The Morgan fingerprint density at radius 2 is 1.94 bits per heavy atom. The summed E-state index contributed by atoms with van der Waals surface area (Å²) in [4.78, 5) is 11.7. The Kier molecular flexibility index (Phi) is 6.24. The van der Waals surface area contributed by atoms with Crippen molar-refractivity contribution < 1.29 is 4.79 Å². The molecule has 0 aliphatic heterocycles. The third-order valence-electron chi connectivity index (χ3n) is 2.67. The molecule has 0 saturated heterocycles. The third kappa shape index (κ3) is 4.84. The monoisotopic (exact) mass is 236 g/mol. The van der Waals surface area contributed by atoms with Crippen LogP contribution in [-0.2, 0) is 11.2 Å². The van der Waals surface area contributed by atoms with Crippen molar-refractivity contribution in [2.24, 2.45) is 0 Å². The second-order valence-electron chi connectivity index (χ2n) is 4.13. The second-order valence-corrected chi connectivity index (χ2v) is 4.75. The molecule has 0 fully saturated rings. The maximum Gasteiger partial charge on any atom is 0.145 e. The van der Waals surface area contributed by atoms with Crippen LogP contribution in [0.25, 0.3) is 0 Å². The molecule has 0 bridgehead atoms. The average molecular weight is 236 g/mol. The Labute approximate surface area is 104 Å². The van der Waals surface area contributed by atoms with E-state index in [2.05, 4.69) is 19.6 Å². The summed E-state index contributed by atoms with van der Waals surface area (Å²) in [5.74, 6) is 0.278. The largest absolute Gasteiger partial charge is 0.298 e. The first-order chi connectivity index (χ1) is 7.74. The molecule has 0 spiro atoms. The molecule has 0 aliphatic rings. The van der Waals surface area contributed by atoms with Crippen molar-refractivity contribution in [3.8, 4) is 0 Å². The molecular formula is C14H20OS. The number of ketones is 1. The molecule has 0 heterocycles. The Morgan fingerprint density at radius 3 is 2.56 bits per heavy atom. The number of Topliss-reactive ketones (excluding diaryl/α,β-unsaturated/α-hetero) is 1. The standard InChI is InChI=1S/C14H20OS/c1-2-3-5-10-13(15)14(16)11-12-8-6-4-7-9-12/h4,6-9,14,16H,2-3,5,10-11H2,1H3. The fourth-order valence-electron chi connectivity index (χ4n) is 1.67. The van der Waals surface area contributed by atoms with Crippen molar-refractivity contribution in [2.75, 3.05) is 0 Å². The van der Waals surface area contributed by atoms with Gasteiger partial charge in [0, 0.05) is 6.42 Å². The summed E-state index contributed by atoms with van der Waals surface area (Å²) in [7, 11) is 0. The van der Waals surface area contributed by atoms with Crippen molar-refractivity contribution in [1.29, 1.82) is 0 Å². The van der Waals surface area contributed by atoms with Crippen LogP contribution in [0.15, 0.2) is 30.3 Å². The van der Waals surface area contributed by atoms with E-state index in [4.69, 9.17) is 0 Å². The van der Waals surface area contributed by atoms with Gasteiger partial charge in [0.1, 0.15) is 5.78 Å². The van der Waals surface area contributed by atoms with Crippen LogP contribution in [0.2, 0.25) is 0 Å². The van der Waals surface area contributed by atoms with Crippen LogP contribution < -0.4 is 0 Å². The topological polar surface area (TPSA) is 17.1 Å². The van der Waals surface area contributed by atoms with E-state index in [1.54, 1.807) is 0 Å². The van der Waals surface area contributed by atoms with Gasteiger partial charge < -0.3 is 0 Å². The molecule has 1 rings (SSSR count). The van der Waals surface area contributed by atoms with Crippen molar-refractivity contribution in [1.82, 2.24) is 0 Å². The van der Waals surface area contributed by atoms with E-state index >= 15 is 0 Å². The number of benzene rings is 1. The van der Waals surface area contributed by atoms with Gasteiger partial charge in [-0.3, -0.25) is 4.79 Å². The molecule has 0 aromatic heterocycles. The maximum atomic E-state index is 11.7. The predicted octanol–water partition coefficient (Wildman–Crippen LogP) is 3.68. The number of hydrogen-bond acceptors (Lipinski definition) is 2. The second kappa shape index (κ2) is 7.50. The van der Waals surface area contributed by atoms with Gasteiger partial charge in [-0.25, -0.2) is 0 Å². The van der Waals surface area contributed by atoms with Crippen LogP contribution in [0.5, 0.6) is 0 Å². The van der Waals surface area contributed by atoms with Gasteiger partial charge in [0.15, 0.2) is 0 Å². The number of hydrogen-bond donors (Lipinski definition) is 1. The fourth-order valence-corrected chi connectivity index (χ4v) is 2.01. The van der Waals surface area contributed by atoms with E-state index in [0.717, 1.165) is 25.7 Å². The van der Waals surface area contributed by atoms with Gasteiger partial charge in [0.2, 0.25) is 0 Å². The highest BCUT2D eigenvalue weighted by Gasteiger charge is 2.13. The minimum Gasteiger partial charge on any atom is -0.298 e. The van der Waals surface area contributed by atoms with Gasteiger partial charge in [-0.05, 0) is 18.4 Å². The van der Waals surface area contributed by atoms with Crippen LogP contribution in [0.1, 0.15) is 38.2 Å². The van der Waals surface area contributed by atoms with Crippen LogP contribution in [0.4, 0.5) is 0 Å². The van der Waals surface area contributed by atoms with Gasteiger partial charge >= 0.3 is 0 Å². The van der Waals surface area contributed by atoms with Crippen molar-refractivity contribution >= 4 is 18.4 Å². The molecule has 0 aliphatic carbocycles. The Balaban J connectivity index is 2.34. The van der Waals surface area contributed by atoms with Crippen LogP contribution in [0.3, 0.4) is 0 Å². The van der Waals surface area contributed by atoms with Gasteiger partial charge in [0.05, 0.1) is 5.25 Å². The van der Waals surface area contributed by atoms with Gasteiger partial charge in [0.25, 0.3) is 0 Å². The lowest BCUT2D eigenvalue weighted by atomic mass is 10.0. The highest BCUT2D eigenvalue weighted by Crippen LogP contribution is 2.12. The highest BCUT2D eigenvalue weighted by molar-refractivity contribution is 7.81. The molecule has 1 nitrogen and oxygen atoms in total. The van der Waals surface area contributed by atoms with E-state index in [9.17, 15) is 4.79 Å². The predicted molar refractivity (Wildman–Crippen MR) is 72.1 cm³/mol. The van der Waals surface area contributed by atoms with Gasteiger partial charge in [-0.15, -0.1) is 0 Å². The highest BCUT2D eigenvalue weighted by atomic mass is 32.1. The van der Waals surface area contributed by atoms with E-state index in [0.29, 0.717) is 6.42 Å². The molecule has 1 aromatic carbocycles. The molecule has 0 radical (unpaired) electrons. The van der Waals surface area contributed by atoms with Gasteiger partial charge in [-0.1, -0.05) is 50.1 Å². The normalized spacial score (nSPS) is 12.4. The number of rotatable bonds is 7. The minimum atomic E-state index is -0.140. The van der Waals surface area contributed by atoms with E-state index in [1.165, 1.54) is 5.56 Å². The summed E-state index contributed by atoms with van der Waals surface area (Å²) in [6, 6.07) is 10.1. The summed E-state index contributed by atoms with van der Waals surface area (Å²) >= 11 is 4.39. The zero-order valence-electron chi connectivity index (χ0n) is 9.86. The van der Waals surface area contributed by atoms with Crippen LogP contribution >= 0.6 is 12.6 Å². The summed E-state index contributed by atoms with van der Waals surface area (Å²) < 4.78 is 0. The summed E-state index contributed by atoms with van der Waals surface area (Å²) in [5, 5.41) is -0.140. The molecule has 0 saturated carbocycles. The fraction of sp³-hybridized carbons (Fsp3) is 0.500. The molecule has 0 amide bonds. The van der Waals surface area contributed by atoms with Crippen LogP contribution in [-0.4, -0.2) is 11.0 Å². The third-order valence-corrected chi connectivity index (χ3v) is 3.14. The minimum absolute atomic E-state index is 0.140. The quantitative estimate of drug-likeness (QED) is 0.564. The smallest absolute Gasteiger partial charge is 0.145 e. The average Bonchev–Trinajstić information content (AvgIpc) is 2.30. The SMILES string of the molecule is CCCCCC(=O)C(S)Cc1ccccc1. The number of carbonyl (C=O) groups excluding carboxylic acids is 1. The molecular weight excluding hydrogens is 216 g/mol. The molecule has 1 unspecified atom stereocenters. The Bertz CT molecular complexity index is 308. The molecule has 1 aromatic rings. The summed E-state index contributed by atoms with van der Waals surface area (Å²) in [6.07, 6.45) is 4.71.